The quantitative estimate of drug-likeness (QED) is 0.351. The fraction of sp³-hybridized carbons (Fsp3) is 0.556. The zero-order valence-electron chi connectivity index (χ0n) is 19.3. The highest BCUT2D eigenvalue weighted by Gasteiger charge is 2.44. The molecule has 0 bridgehead atoms. The number of hydrogen-bond donors (Lipinski definition) is 0. The van der Waals surface area contributed by atoms with Gasteiger partial charge in [-0.3, -0.25) is 0 Å². The average molecular weight is 465 g/mol. The van der Waals surface area contributed by atoms with Gasteiger partial charge in [0.05, 0.1) is 13.2 Å². The van der Waals surface area contributed by atoms with Crippen LogP contribution < -0.4 is 9.47 Å². The molecule has 4 unspecified atom stereocenters. The lowest BCUT2D eigenvalue weighted by Crippen LogP contribution is -2.19. The van der Waals surface area contributed by atoms with Crippen LogP contribution in [0.1, 0.15) is 58.8 Å². The van der Waals surface area contributed by atoms with Crippen LogP contribution in [0.5, 0.6) is 11.5 Å². The van der Waals surface area contributed by atoms with Crippen LogP contribution in [0.3, 0.4) is 0 Å². The smallest absolute Gasteiger partial charge is 0.201 e. The summed E-state index contributed by atoms with van der Waals surface area (Å²) < 4.78 is 69.4. The maximum absolute atomic E-state index is 14.8. The van der Waals surface area contributed by atoms with Gasteiger partial charge in [-0.15, -0.1) is 0 Å². The number of ether oxygens (including phenoxy) is 2. The fourth-order valence-electron chi connectivity index (χ4n) is 5.89. The lowest BCUT2D eigenvalue weighted by Gasteiger charge is -2.21. The molecular formula is C27H32F4O2. The van der Waals surface area contributed by atoms with Crippen LogP contribution in [0.15, 0.2) is 24.3 Å². The minimum Gasteiger partial charge on any atom is -0.490 e. The van der Waals surface area contributed by atoms with Crippen molar-refractivity contribution < 1.29 is 27.0 Å². The van der Waals surface area contributed by atoms with Crippen LogP contribution in [0.25, 0.3) is 11.1 Å². The van der Waals surface area contributed by atoms with Gasteiger partial charge in [-0.1, -0.05) is 26.7 Å². The van der Waals surface area contributed by atoms with E-state index >= 15 is 0 Å². The first-order valence-corrected chi connectivity index (χ1v) is 12.2. The highest BCUT2D eigenvalue weighted by Crippen LogP contribution is 2.52. The van der Waals surface area contributed by atoms with E-state index in [0.717, 1.165) is 18.3 Å². The molecule has 0 aliphatic heterocycles. The lowest BCUT2D eigenvalue weighted by molar-refractivity contribution is 0.194. The molecule has 2 fully saturated rings. The molecular weight excluding hydrogens is 432 g/mol. The third kappa shape index (κ3) is 4.71. The molecule has 0 N–H and O–H groups in total. The van der Waals surface area contributed by atoms with E-state index in [4.69, 9.17) is 9.47 Å². The number of fused-ring (bicyclic) bond motifs is 1. The van der Waals surface area contributed by atoms with Gasteiger partial charge in [-0.05, 0) is 80.0 Å². The predicted octanol–water partition coefficient (Wildman–Crippen LogP) is 7.93. The fourth-order valence-corrected chi connectivity index (χ4v) is 5.89. The summed E-state index contributed by atoms with van der Waals surface area (Å²) in [5.74, 6) is -2.89. The molecule has 33 heavy (non-hydrogen) atoms. The van der Waals surface area contributed by atoms with E-state index in [2.05, 4.69) is 6.92 Å². The zero-order valence-corrected chi connectivity index (χ0v) is 19.3. The van der Waals surface area contributed by atoms with Crippen molar-refractivity contribution >= 4 is 0 Å². The van der Waals surface area contributed by atoms with E-state index in [1.165, 1.54) is 56.4 Å². The largest absolute Gasteiger partial charge is 0.490 e. The SMILES string of the molecule is CCCOc1ccc(-c2ccc(OCC3CCC4C(CCC)CCC34)c(F)c2F)c(F)c1F. The predicted molar refractivity (Wildman–Crippen MR) is 120 cm³/mol. The average Bonchev–Trinajstić information content (AvgIpc) is 3.40. The van der Waals surface area contributed by atoms with E-state index in [1.807, 2.05) is 6.92 Å². The van der Waals surface area contributed by atoms with E-state index in [-0.39, 0.29) is 29.2 Å². The van der Waals surface area contributed by atoms with Gasteiger partial charge in [0.1, 0.15) is 0 Å². The van der Waals surface area contributed by atoms with Crippen LogP contribution in [0.4, 0.5) is 17.6 Å². The second-order valence-corrected chi connectivity index (χ2v) is 9.43. The first-order chi connectivity index (χ1) is 16.0. The summed E-state index contributed by atoms with van der Waals surface area (Å²) in [5.41, 5.74) is -0.705. The molecule has 2 aliphatic carbocycles. The molecule has 4 rings (SSSR count). The van der Waals surface area contributed by atoms with Crippen molar-refractivity contribution in [3.63, 3.8) is 0 Å². The third-order valence-electron chi connectivity index (χ3n) is 7.46. The summed E-state index contributed by atoms with van der Waals surface area (Å²) in [5, 5.41) is 0. The van der Waals surface area contributed by atoms with Gasteiger partial charge in [-0.25, -0.2) is 8.78 Å². The molecule has 2 aromatic carbocycles. The Kier molecular flexibility index (Phi) is 7.50. The Balaban J connectivity index is 1.47. The van der Waals surface area contributed by atoms with Gasteiger partial charge in [0.25, 0.3) is 0 Å². The minimum atomic E-state index is -1.27. The van der Waals surface area contributed by atoms with E-state index in [0.29, 0.717) is 24.9 Å². The standard InChI is InChI=1S/C27H32F4O2/c1-3-5-16-6-8-19-17(7-9-18(16)19)15-33-23-13-11-21(25(29)27(23)31)20-10-12-22(32-14-4-2)26(30)24(20)28/h10-13,16-19H,3-9,14-15H2,1-2H3. The van der Waals surface area contributed by atoms with Gasteiger partial charge in [0.15, 0.2) is 23.1 Å². The van der Waals surface area contributed by atoms with Crippen LogP contribution in [0.2, 0.25) is 0 Å². The molecule has 4 atom stereocenters. The molecule has 0 spiro atoms. The normalized spacial score (nSPS) is 24.2. The summed E-state index contributed by atoms with van der Waals surface area (Å²) >= 11 is 0. The van der Waals surface area contributed by atoms with Gasteiger partial charge in [-0.2, -0.15) is 8.78 Å². The van der Waals surface area contributed by atoms with Crippen molar-refractivity contribution in [2.75, 3.05) is 13.2 Å². The number of hydrogen-bond acceptors (Lipinski definition) is 2. The molecule has 0 saturated heterocycles. The maximum atomic E-state index is 14.8. The maximum Gasteiger partial charge on any atom is 0.201 e. The molecule has 0 amide bonds. The van der Waals surface area contributed by atoms with Crippen molar-refractivity contribution in [3.8, 4) is 22.6 Å². The van der Waals surface area contributed by atoms with Crippen molar-refractivity contribution in [1.82, 2.24) is 0 Å². The van der Waals surface area contributed by atoms with Crippen LogP contribution >= 0.6 is 0 Å². The molecule has 6 heteroatoms. The Morgan fingerprint density at radius 1 is 0.667 bits per heavy atom. The second-order valence-electron chi connectivity index (χ2n) is 9.43. The summed E-state index contributed by atoms with van der Waals surface area (Å²) in [7, 11) is 0. The molecule has 180 valence electrons. The molecule has 0 heterocycles. The molecule has 2 saturated carbocycles. The first kappa shape index (κ1) is 23.9. The first-order valence-electron chi connectivity index (χ1n) is 12.2. The van der Waals surface area contributed by atoms with Gasteiger partial charge < -0.3 is 9.47 Å². The second kappa shape index (κ2) is 10.4. The lowest BCUT2D eigenvalue weighted by atomic mass is 9.87. The summed E-state index contributed by atoms with van der Waals surface area (Å²) in [6.45, 7) is 4.64. The van der Waals surface area contributed by atoms with Gasteiger partial charge in [0.2, 0.25) is 11.6 Å². The molecule has 2 aromatic rings. The Morgan fingerprint density at radius 3 is 1.79 bits per heavy atom. The molecule has 0 radical (unpaired) electrons. The molecule has 2 nitrogen and oxygen atoms in total. The minimum absolute atomic E-state index is 0.188. The Labute approximate surface area is 193 Å². The zero-order chi connectivity index (χ0) is 23.5. The Bertz CT molecular complexity index is 977. The van der Waals surface area contributed by atoms with Crippen molar-refractivity contribution in [2.24, 2.45) is 23.7 Å². The van der Waals surface area contributed by atoms with Crippen molar-refractivity contribution in [3.05, 3.63) is 47.5 Å². The van der Waals surface area contributed by atoms with E-state index in [1.54, 1.807) is 0 Å². The topological polar surface area (TPSA) is 18.5 Å². The Morgan fingerprint density at radius 2 is 1.21 bits per heavy atom. The van der Waals surface area contributed by atoms with Crippen LogP contribution in [-0.2, 0) is 0 Å². The van der Waals surface area contributed by atoms with Gasteiger partial charge in [0, 0.05) is 11.1 Å². The summed E-state index contributed by atoms with van der Waals surface area (Å²) in [6.07, 6.45) is 7.76. The van der Waals surface area contributed by atoms with Crippen molar-refractivity contribution in [1.29, 1.82) is 0 Å². The Hall–Kier alpha value is -2.24. The highest BCUT2D eigenvalue weighted by molar-refractivity contribution is 5.67. The molecule has 2 aliphatic rings. The van der Waals surface area contributed by atoms with Crippen LogP contribution in [0, 0.1) is 46.9 Å². The third-order valence-corrected chi connectivity index (χ3v) is 7.46. The van der Waals surface area contributed by atoms with Crippen LogP contribution in [-0.4, -0.2) is 13.2 Å². The summed E-state index contributed by atoms with van der Waals surface area (Å²) in [4.78, 5) is 0. The number of halogens is 4. The highest BCUT2D eigenvalue weighted by atomic mass is 19.2. The van der Waals surface area contributed by atoms with E-state index in [9.17, 15) is 17.6 Å². The monoisotopic (exact) mass is 464 g/mol. The number of rotatable bonds is 9. The number of benzene rings is 2. The summed E-state index contributed by atoms with van der Waals surface area (Å²) in [6, 6.07) is 4.97. The van der Waals surface area contributed by atoms with Crippen molar-refractivity contribution in [2.45, 2.75) is 58.8 Å². The van der Waals surface area contributed by atoms with Gasteiger partial charge >= 0.3 is 0 Å². The molecule has 0 aromatic heterocycles. The van der Waals surface area contributed by atoms with E-state index < -0.39 is 23.3 Å².